The molecule has 3 aromatic carbocycles. The van der Waals surface area contributed by atoms with Gasteiger partial charge in [0.15, 0.2) is 5.11 Å². The summed E-state index contributed by atoms with van der Waals surface area (Å²) in [5.74, 6) is 0.838. The van der Waals surface area contributed by atoms with Gasteiger partial charge in [-0.2, -0.15) is 4.80 Å². The molecule has 2 aromatic heterocycles. The van der Waals surface area contributed by atoms with Crippen LogP contribution >= 0.6 is 23.8 Å². The molecule has 0 spiro atoms. The van der Waals surface area contributed by atoms with E-state index in [-0.39, 0.29) is 11.0 Å². The summed E-state index contributed by atoms with van der Waals surface area (Å²) in [6.45, 7) is 2.19. The predicted octanol–water partition coefficient (Wildman–Crippen LogP) is 7.20. The van der Waals surface area contributed by atoms with Crippen molar-refractivity contribution in [1.29, 1.82) is 0 Å². The van der Waals surface area contributed by atoms with Crippen molar-refractivity contribution in [3.05, 3.63) is 101 Å². The Morgan fingerprint density at radius 3 is 2.54 bits per heavy atom. The topological polar surface area (TPSA) is 85.0 Å². The quantitative estimate of drug-likeness (QED) is 0.155. The Hall–Kier alpha value is -4.27. The van der Waals surface area contributed by atoms with Gasteiger partial charge in [-0.1, -0.05) is 37.1 Å². The molecule has 1 amide bonds. The number of nitrogens with zero attached hydrogens (tertiary/aromatic N) is 3. The Morgan fingerprint density at radius 2 is 1.77 bits per heavy atom. The van der Waals surface area contributed by atoms with E-state index in [1.54, 1.807) is 29.1 Å². The highest BCUT2D eigenvalue weighted by molar-refractivity contribution is 7.80. The third-order valence-corrected chi connectivity index (χ3v) is 6.47. The lowest BCUT2D eigenvalue weighted by molar-refractivity contribution is -0.115. The van der Waals surface area contributed by atoms with Crippen molar-refractivity contribution >= 4 is 57.6 Å². The van der Waals surface area contributed by atoms with Crippen LogP contribution in [0.2, 0.25) is 5.02 Å². The maximum Gasteiger partial charge on any atom is 0.250 e. The highest BCUT2D eigenvalue weighted by Gasteiger charge is 2.09. The summed E-state index contributed by atoms with van der Waals surface area (Å²) >= 11 is 11.3. The number of anilines is 1. The smallest absolute Gasteiger partial charge is 0.250 e. The van der Waals surface area contributed by atoms with Crippen LogP contribution in [0, 0.1) is 0 Å². The van der Waals surface area contributed by atoms with Crippen molar-refractivity contribution in [2.75, 3.05) is 5.32 Å². The summed E-state index contributed by atoms with van der Waals surface area (Å²) in [6.07, 6.45) is 6.36. The van der Waals surface area contributed by atoms with Crippen LogP contribution < -0.4 is 10.6 Å². The van der Waals surface area contributed by atoms with E-state index in [1.807, 2.05) is 48.5 Å². The van der Waals surface area contributed by atoms with Crippen molar-refractivity contribution in [2.45, 2.75) is 26.2 Å². The number of amides is 1. The normalized spacial score (nSPS) is 11.2. The molecule has 0 aliphatic carbocycles. The highest BCUT2D eigenvalue weighted by atomic mass is 35.5. The van der Waals surface area contributed by atoms with E-state index in [2.05, 4.69) is 39.9 Å². The molecule has 0 saturated carbocycles. The minimum absolute atomic E-state index is 0.167. The van der Waals surface area contributed by atoms with Gasteiger partial charge in [0, 0.05) is 22.3 Å². The SMILES string of the molecule is CCCCc1ccc(-n2nc3ccc(NC(=S)NC(=O)C=Cc4ccc(-c5ccc(Cl)cc5)o4)cc3n2)cc1. The van der Waals surface area contributed by atoms with E-state index in [0.29, 0.717) is 27.7 Å². The van der Waals surface area contributed by atoms with Crippen LogP contribution in [0.4, 0.5) is 5.69 Å². The predicted molar refractivity (Wildman–Crippen MR) is 160 cm³/mol. The number of hydrogen-bond acceptors (Lipinski definition) is 5. The summed E-state index contributed by atoms with van der Waals surface area (Å²) in [5, 5.41) is 15.7. The summed E-state index contributed by atoms with van der Waals surface area (Å²) in [4.78, 5) is 14.0. The Bertz CT molecular complexity index is 1640. The zero-order valence-electron chi connectivity index (χ0n) is 21.2. The van der Waals surface area contributed by atoms with Gasteiger partial charge in [-0.15, -0.1) is 10.2 Å². The van der Waals surface area contributed by atoms with Crippen LogP contribution in [0.15, 0.2) is 89.4 Å². The molecular weight excluding hydrogens is 530 g/mol. The Kier molecular flexibility index (Phi) is 8.15. The summed E-state index contributed by atoms with van der Waals surface area (Å²) < 4.78 is 5.78. The van der Waals surface area contributed by atoms with Crippen molar-refractivity contribution in [2.24, 2.45) is 0 Å². The number of halogens is 1. The molecule has 5 aromatic rings. The lowest BCUT2D eigenvalue weighted by Gasteiger charge is -2.07. The Morgan fingerprint density at radius 1 is 1.00 bits per heavy atom. The van der Waals surface area contributed by atoms with Crippen LogP contribution in [-0.2, 0) is 11.2 Å². The molecule has 0 bridgehead atoms. The fraction of sp³-hybridized carbons (Fsp3) is 0.133. The maximum atomic E-state index is 12.4. The molecule has 2 N–H and O–H groups in total. The largest absolute Gasteiger partial charge is 0.457 e. The number of benzene rings is 3. The van der Waals surface area contributed by atoms with E-state index < -0.39 is 0 Å². The van der Waals surface area contributed by atoms with Crippen molar-refractivity contribution in [1.82, 2.24) is 20.3 Å². The van der Waals surface area contributed by atoms with Gasteiger partial charge in [0.1, 0.15) is 22.6 Å². The standard InChI is InChI=1S/C30H26ClN5O2S/c1-2-3-4-20-5-12-24(13-6-20)36-34-26-16-11-23(19-27(26)35-36)32-30(39)33-29(37)18-15-25-14-17-28(38-25)21-7-9-22(31)10-8-21/h5-19H,2-4H2,1H3,(H2,32,33,37,39). The Labute approximate surface area is 236 Å². The molecule has 0 radical (unpaired) electrons. The lowest BCUT2D eigenvalue weighted by Crippen LogP contribution is -2.32. The van der Waals surface area contributed by atoms with Crippen molar-refractivity contribution in [3.8, 4) is 17.0 Å². The van der Waals surface area contributed by atoms with Gasteiger partial charge >= 0.3 is 0 Å². The number of unbranched alkanes of at least 4 members (excludes halogenated alkanes) is 1. The van der Waals surface area contributed by atoms with E-state index in [4.69, 9.17) is 28.2 Å². The van der Waals surface area contributed by atoms with Crippen LogP contribution in [-0.4, -0.2) is 26.0 Å². The number of hydrogen-bond donors (Lipinski definition) is 2. The second kappa shape index (κ2) is 12.1. The fourth-order valence-electron chi connectivity index (χ4n) is 3.97. The van der Waals surface area contributed by atoms with Gasteiger partial charge in [-0.25, -0.2) is 0 Å². The first-order valence-corrected chi connectivity index (χ1v) is 13.4. The van der Waals surface area contributed by atoms with E-state index in [0.717, 1.165) is 23.2 Å². The van der Waals surface area contributed by atoms with Crippen LogP contribution in [0.1, 0.15) is 31.1 Å². The van der Waals surface area contributed by atoms with Gasteiger partial charge in [0.2, 0.25) is 5.91 Å². The van der Waals surface area contributed by atoms with Gasteiger partial charge in [-0.05, 0) is 103 Å². The Balaban J connectivity index is 1.18. The molecule has 9 heteroatoms. The lowest BCUT2D eigenvalue weighted by atomic mass is 10.1. The van der Waals surface area contributed by atoms with Gasteiger partial charge in [0.05, 0.1) is 5.69 Å². The van der Waals surface area contributed by atoms with Crippen LogP contribution in [0.25, 0.3) is 34.1 Å². The van der Waals surface area contributed by atoms with E-state index in [9.17, 15) is 4.79 Å². The molecule has 2 heterocycles. The molecule has 0 fully saturated rings. The molecule has 0 unspecified atom stereocenters. The average molecular weight is 556 g/mol. The van der Waals surface area contributed by atoms with Crippen molar-refractivity contribution < 1.29 is 9.21 Å². The first-order valence-electron chi connectivity index (χ1n) is 12.6. The van der Waals surface area contributed by atoms with Gasteiger partial charge in [-0.3, -0.25) is 10.1 Å². The number of thiocarbonyl (C=S) groups is 1. The second-order valence-electron chi connectivity index (χ2n) is 8.95. The van der Waals surface area contributed by atoms with Crippen LogP contribution in [0.3, 0.4) is 0 Å². The molecule has 0 saturated heterocycles. The maximum absolute atomic E-state index is 12.4. The van der Waals surface area contributed by atoms with Crippen molar-refractivity contribution in [3.63, 3.8) is 0 Å². The molecule has 0 atom stereocenters. The summed E-state index contributed by atoms with van der Waals surface area (Å²) in [7, 11) is 0. The summed E-state index contributed by atoms with van der Waals surface area (Å²) in [5.41, 5.74) is 5.25. The first kappa shape index (κ1) is 26.3. The highest BCUT2D eigenvalue weighted by Crippen LogP contribution is 2.24. The number of furan rings is 1. The number of carbonyl (C=O) groups is 1. The van der Waals surface area contributed by atoms with Crippen LogP contribution in [0.5, 0.6) is 0 Å². The minimum atomic E-state index is -0.383. The molecule has 7 nitrogen and oxygen atoms in total. The molecule has 196 valence electrons. The molecule has 0 aliphatic rings. The second-order valence-corrected chi connectivity index (χ2v) is 9.79. The minimum Gasteiger partial charge on any atom is -0.457 e. The number of aromatic nitrogens is 3. The third kappa shape index (κ3) is 6.79. The fourth-order valence-corrected chi connectivity index (χ4v) is 4.31. The summed E-state index contributed by atoms with van der Waals surface area (Å²) in [6, 6.07) is 24.8. The van der Waals surface area contributed by atoms with Gasteiger partial charge < -0.3 is 9.73 Å². The average Bonchev–Trinajstić information content (AvgIpc) is 3.58. The number of nitrogens with one attached hydrogen (secondary N) is 2. The van der Waals surface area contributed by atoms with E-state index in [1.165, 1.54) is 24.5 Å². The van der Waals surface area contributed by atoms with E-state index >= 15 is 0 Å². The zero-order chi connectivity index (χ0) is 27.2. The number of aryl methyl sites for hydroxylation is 1. The molecule has 39 heavy (non-hydrogen) atoms. The molecule has 5 rings (SSSR count). The zero-order valence-corrected chi connectivity index (χ0v) is 22.8. The number of fused-ring (bicyclic) bond motifs is 1. The third-order valence-electron chi connectivity index (χ3n) is 6.02. The van der Waals surface area contributed by atoms with Gasteiger partial charge in [0.25, 0.3) is 0 Å². The molecule has 0 aliphatic heterocycles. The monoisotopic (exact) mass is 555 g/mol. The number of rotatable bonds is 8. The first-order chi connectivity index (χ1) is 19.0. The molecular formula is C30H26ClN5O2S. The number of carbonyl (C=O) groups excluding carboxylic acids is 1.